The monoisotopic (exact) mass is 578 g/mol. The lowest BCUT2D eigenvalue weighted by atomic mass is 10.0. The molecule has 2 heterocycles. The van der Waals surface area contributed by atoms with Crippen LogP contribution in [0.25, 0.3) is 0 Å². The molecule has 5 N–H and O–H groups in total. The lowest BCUT2D eigenvalue weighted by Gasteiger charge is -2.49. The number of nitro groups is 1. The van der Waals surface area contributed by atoms with Gasteiger partial charge in [-0.2, -0.15) is 0 Å². The predicted octanol–water partition coefficient (Wildman–Crippen LogP) is 3.14. The van der Waals surface area contributed by atoms with Crippen LogP contribution in [0.15, 0.2) is 59.8 Å². The Kier molecular flexibility index (Phi) is 7.97. The summed E-state index contributed by atoms with van der Waals surface area (Å²) >= 11 is 13.1. The van der Waals surface area contributed by atoms with Gasteiger partial charge in [-0.15, -0.1) is 11.8 Å². The van der Waals surface area contributed by atoms with E-state index in [1.807, 2.05) is 0 Å². The van der Waals surface area contributed by atoms with E-state index in [0.29, 0.717) is 12.0 Å². The van der Waals surface area contributed by atoms with Crippen LogP contribution in [-0.2, 0) is 20.8 Å². The van der Waals surface area contributed by atoms with Crippen LogP contribution in [0.3, 0.4) is 0 Å². The number of carbonyl (C=O) groups is 3. The number of aromatic hydroxyl groups is 1. The number of benzene rings is 2. The summed E-state index contributed by atoms with van der Waals surface area (Å²) in [5.41, 5.74) is 7.23. The molecule has 2 unspecified atom stereocenters. The number of phenols is 1. The number of aliphatic carboxylic acids is 1. The zero-order valence-electron chi connectivity index (χ0n) is 19.3. The Bertz CT molecular complexity index is 1370. The summed E-state index contributed by atoms with van der Waals surface area (Å²) in [5.74, 6) is -2.65. The lowest BCUT2D eigenvalue weighted by Crippen LogP contribution is -2.71. The largest absolute Gasteiger partial charge is 0.505 e. The molecule has 14 heteroatoms. The molecule has 1 saturated heterocycles. The number of nitrogens with one attached hydrogen (secondary N) is 1. The number of β-lactam (4-membered cyclic amide) rings is 1. The standard InChI is InChI=1S/C24H20Cl2N4O7S/c25-15-8-13(9-16(26)20(15)31)17(27)21(32)28-18-22(33)29-19(24(34)35)12(10-38-23(18)29)3-1-2-11-4-6-14(7-5-11)30(36)37/h1,3-9,17-18,23,31H,2,10,27H2,(H,28,32)(H,34,35)/t17?,18?,23-/m0/s1. The molecule has 3 atom stereocenters. The molecule has 2 aliphatic heterocycles. The Hall–Kier alpha value is -3.58. The second-order valence-electron chi connectivity index (χ2n) is 8.42. The molecule has 2 aliphatic rings. The smallest absolute Gasteiger partial charge is 0.352 e. The maximum atomic E-state index is 12.9. The highest BCUT2D eigenvalue weighted by molar-refractivity contribution is 8.00. The number of non-ortho nitro benzene ring substituents is 1. The first-order valence-corrected chi connectivity index (χ1v) is 12.8. The van der Waals surface area contributed by atoms with Gasteiger partial charge in [0.15, 0.2) is 5.75 Å². The number of phenolic OH excluding ortho intramolecular Hbond substituents is 1. The highest BCUT2D eigenvalue weighted by atomic mass is 35.5. The molecular weight excluding hydrogens is 559 g/mol. The highest BCUT2D eigenvalue weighted by Gasteiger charge is 2.54. The summed E-state index contributed by atoms with van der Waals surface area (Å²) < 4.78 is 0. The quantitative estimate of drug-likeness (QED) is 0.208. The van der Waals surface area contributed by atoms with E-state index in [-0.39, 0.29) is 38.5 Å². The average Bonchev–Trinajstić information content (AvgIpc) is 2.89. The van der Waals surface area contributed by atoms with Crippen LogP contribution in [0.2, 0.25) is 10.0 Å². The van der Waals surface area contributed by atoms with Crippen LogP contribution in [0.4, 0.5) is 5.69 Å². The fourth-order valence-electron chi connectivity index (χ4n) is 4.02. The van der Waals surface area contributed by atoms with Crippen LogP contribution in [0.1, 0.15) is 17.2 Å². The molecule has 4 rings (SSSR count). The van der Waals surface area contributed by atoms with Crippen molar-refractivity contribution in [2.75, 3.05) is 5.75 Å². The van der Waals surface area contributed by atoms with Gasteiger partial charge in [0.1, 0.15) is 23.2 Å². The molecule has 0 aromatic heterocycles. The van der Waals surface area contributed by atoms with Crippen molar-refractivity contribution in [3.8, 4) is 5.75 Å². The molecule has 2 amide bonds. The number of nitrogens with two attached hydrogens (primary N) is 1. The third kappa shape index (κ3) is 5.34. The molecule has 0 bridgehead atoms. The van der Waals surface area contributed by atoms with Gasteiger partial charge in [0.05, 0.1) is 15.0 Å². The first kappa shape index (κ1) is 27.5. The SMILES string of the molecule is NC(C(=O)NC1C(=O)N2C(C(=O)O)=C(C=CCc3ccc([N+](=O)[O-])cc3)CS[C@@H]12)c1cc(Cl)c(O)c(Cl)c1. The number of carbonyl (C=O) groups excluding carboxylic acids is 2. The number of halogens is 2. The second kappa shape index (κ2) is 11.0. The molecule has 0 spiro atoms. The van der Waals surface area contributed by atoms with Gasteiger partial charge in [-0.1, -0.05) is 47.5 Å². The van der Waals surface area contributed by atoms with Crippen LogP contribution in [-0.4, -0.2) is 55.0 Å². The molecule has 38 heavy (non-hydrogen) atoms. The number of carboxylic acids is 1. The number of hydrogen-bond acceptors (Lipinski definition) is 8. The van der Waals surface area contributed by atoms with Gasteiger partial charge in [-0.05, 0) is 35.3 Å². The van der Waals surface area contributed by atoms with E-state index < -0.39 is 40.2 Å². The fraction of sp³-hybridized carbons (Fsp3) is 0.208. The first-order chi connectivity index (χ1) is 18.0. The van der Waals surface area contributed by atoms with Crippen LogP contribution < -0.4 is 11.1 Å². The van der Waals surface area contributed by atoms with Crippen LogP contribution >= 0.6 is 35.0 Å². The molecule has 2 aromatic rings. The number of amides is 2. The Balaban J connectivity index is 1.45. The van der Waals surface area contributed by atoms with Crippen molar-refractivity contribution >= 4 is 58.4 Å². The minimum atomic E-state index is -1.28. The summed E-state index contributed by atoms with van der Waals surface area (Å²) in [7, 11) is 0. The Labute approximate surface area is 230 Å². The highest BCUT2D eigenvalue weighted by Crippen LogP contribution is 2.41. The van der Waals surface area contributed by atoms with E-state index in [2.05, 4.69) is 5.32 Å². The molecule has 1 fully saturated rings. The third-order valence-corrected chi connectivity index (χ3v) is 7.88. The molecule has 198 valence electrons. The molecule has 0 saturated carbocycles. The van der Waals surface area contributed by atoms with Gasteiger partial charge >= 0.3 is 5.97 Å². The average molecular weight is 579 g/mol. The number of nitro benzene ring substituents is 1. The number of carboxylic acid groups (broad SMARTS) is 1. The Morgan fingerprint density at radius 3 is 2.47 bits per heavy atom. The van der Waals surface area contributed by atoms with Gasteiger partial charge in [0.25, 0.3) is 11.6 Å². The Morgan fingerprint density at radius 1 is 1.26 bits per heavy atom. The van der Waals surface area contributed by atoms with Crippen molar-refractivity contribution in [2.45, 2.75) is 23.9 Å². The molecule has 2 aromatic carbocycles. The van der Waals surface area contributed by atoms with Gasteiger partial charge in [0, 0.05) is 17.9 Å². The van der Waals surface area contributed by atoms with Crippen molar-refractivity contribution < 1.29 is 29.5 Å². The summed E-state index contributed by atoms with van der Waals surface area (Å²) in [5, 5.41) is 32.1. The van der Waals surface area contributed by atoms with Gasteiger partial charge in [0.2, 0.25) is 5.91 Å². The van der Waals surface area contributed by atoms with E-state index in [0.717, 1.165) is 10.5 Å². The van der Waals surface area contributed by atoms with E-state index in [1.54, 1.807) is 24.3 Å². The third-order valence-electron chi connectivity index (χ3n) is 6.00. The van der Waals surface area contributed by atoms with E-state index in [4.69, 9.17) is 28.9 Å². The number of nitrogens with zero attached hydrogens (tertiary/aromatic N) is 2. The number of allylic oxidation sites excluding steroid dienone is 2. The number of hydrogen-bond donors (Lipinski definition) is 4. The van der Waals surface area contributed by atoms with E-state index in [9.17, 15) is 34.7 Å². The molecule has 0 radical (unpaired) electrons. The topological polar surface area (TPSA) is 176 Å². The summed E-state index contributed by atoms with van der Waals surface area (Å²) in [6.45, 7) is 0. The van der Waals surface area contributed by atoms with Gasteiger partial charge in [-0.3, -0.25) is 24.6 Å². The summed E-state index contributed by atoms with van der Waals surface area (Å²) in [6.07, 6.45) is 3.73. The van der Waals surface area contributed by atoms with Crippen LogP contribution in [0.5, 0.6) is 5.75 Å². The second-order valence-corrected chi connectivity index (χ2v) is 10.3. The van der Waals surface area contributed by atoms with Gasteiger partial charge < -0.3 is 21.3 Å². The van der Waals surface area contributed by atoms with E-state index >= 15 is 0 Å². The number of rotatable bonds is 8. The van der Waals surface area contributed by atoms with E-state index in [1.165, 1.54) is 36.0 Å². The molecule has 11 nitrogen and oxygen atoms in total. The predicted molar refractivity (Wildman–Crippen MR) is 141 cm³/mol. The minimum Gasteiger partial charge on any atom is -0.505 e. The number of thioether (sulfide) groups is 1. The lowest BCUT2D eigenvalue weighted by molar-refractivity contribution is -0.384. The fourth-order valence-corrected chi connectivity index (χ4v) is 5.84. The summed E-state index contributed by atoms with van der Waals surface area (Å²) in [6, 6.07) is 6.34. The van der Waals surface area contributed by atoms with Crippen molar-refractivity contribution in [3.63, 3.8) is 0 Å². The molecule has 0 aliphatic carbocycles. The maximum Gasteiger partial charge on any atom is 0.352 e. The summed E-state index contributed by atoms with van der Waals surface area (Å²) in [4.78, 5) is 49.1. The maximum absolute atomic E-state index is 12.9. The normalized spacial score (nSPS) is 19.7. The first-order valence-electron chi connectivity index (χ1n) is 11.0. The molecular formula is C24H20Cl2N4O7S. The zero-order valence-corrected chi connectivity index (χ0v) is 21.7. The number of fused-ring (bicyclic) bond motifs is 1. The van der Waals surface area contributed by atoms with Crippen molar-refractivity contribution in [3.05, 3.63) is 91.1 Å². The van der Waals surface area contributed by atoms with Gasteiger partial charge in [-0.25, -0.2) is 4.79 Å². The van der Waals surface area contributed by atoms with Crippen molar-refractivity contribution in [2.24, 2.45) is 5.73 Å². The van der Waals surface area contributed by atoms with Crippen molar-refractivity contribution in [1.82, 2.24) is 10.2 Å². The van der Waals surface area contributed by atoms with Crippen molar-refractivity contribution in [1.29, 1.82) is 0 Å². The zero-order chi connectivity index (χ0) is 27.7. The minimum absolute atomic E-state index is 0.0297. The van der Waals surface area contributed by atoms with Crippen LogP contribution in [0, 0.1) is 10.1 Å². The Morgan fingerprint density at radius 2 is 1.89 bits per heavy atom.